The highest BCUT2D eigenvalue weighted by Crippen LogP contribution is 2.17. The molecular weight excluding hydrogens is 156 g/mol. The zero-order valence-electron chi connectivity index (χ0n) is 6.27. The van der Waals surface area contributed by atoms with Gasteiger partial charge in [0.25, 0.3) is 0 Å². The third kappa shape index (κ3) is 1.25. The lowest BCUT2D eigenvalue weighted by atomic mass is 10.2. The summed E-state index contributed by atoms with van der Waals surface area (Å²) in [6, 6.07) is 9.52. The van der Waals surface area contributed by atoms with Gasteiger partial charge in [-0.05, 0) is 5.59 Å². The molecule has 0 amide bonds. The third-order valence-corrected chi connectivity index (χ3v) is 1.55. The van der Waals surface area contributed by atoms with Gasteiger partial charge >= 0.3 is 0 Å². The van der Waals surface area contributed by atoms with Gasteiger partial charge in [0.2, 0.25) is 0 Å². The molecule has 1 aliphatic rings. The first kappa shape index (κ1) is 7.15. The van der Waals surface area contributed by atoms with Gasteiger partial charge in [-0.2, -0.15) is 5.17 Å². The molecule has 0 radical (unpaired) electrons. The molecule has 12 heavy (non-hydrogen) atoms. The number of nitrogens with one attached hydrogen (secondary N) is 1. The average Bonchev–Trinajstić information content (AvgIpc) is 2.54. The Morgan fingerprint density at radius 3 is 2.58 bits per heavy atom. The normalized spacial score (nSPS) is 15.8. The Morgan fingerprint density at radius 1 is 1.25 bits per heavy atom. The van der Waals surface area contributed by atoms with Crippen molar-refractivity contribution < 1.29 is 10.0 Å². The predicted molar refractivity (Wildman–Crippen MR) is 42.3 cm³/mol. The van der Waals surface area contributed by atoms with E-state index in [9.17, 15) is 0 Å². The summed E-state index contributed by atoms with van der Waals surface area (Å²) >= 11 is 0. The average molecular weight is 164 g/mol. The Labute approximate surface area is 69.6 Å². The first-order valence-electron chi connectivity index (χ1n) is 3.54. The number of hydrazine groups is 1. The van der Waals surface area contributed by atoms with Crippen LogP contribution in [0.5, 0.6) is 0 Å². The highest BCUT2D eigenvalue weighted by Gasteiger charge is 2.12. The number of nitrogens with zero attached hydrogens (tertiary/aromatic N) is 1. The smallest absolute Gasteiger partial charge is 0.176 e. The summed E-state index contributed by atoms with van der Waals surface area (Å²) in [5.41, 5.74) is 3.18. The predicted octanol–water partition coefficient (Wildman–Crippen LogP) is 1.13. The van der Waals surface area contributed by atoms with E-state index in [1.165, 1.54) is 6.20 Å². The van der Waals surface area contributed by atoms with Crippen LogP contribution in [0.3, 0.4) is 0 Å². The summed E-state index contributed by atoms with van der Waals surface area (Å²) < 4.78 is 0. The van der Waals surface area contributed by atoms with Crippen LogP contribution >= 0.6 is 0 Å². The number of benzene rings is 1. The molecule has 1 heterocycles. The van der Waals surface area contributed by atoms with Gasteiger partial charge in [0.1, 0.15) is 0 Å². The molecule has 0 unspecified atom stereocenters. The van der Waals surface area contributed by atoms with E-state index in [-0.39, 0.29) is 0 Å². The third-order valence-electron chi connectivity index (χ3n) is 1.55. The minimum absolute atomic E-state index is 0.595. The minimum Gasteiger partial charge on any atom is -0.385 e. The fraction of sp³-hybridized carbons (Fsp3) is 0. The molecule has 2 N–H and O–H groups in total. The van der Waals surface area contributed by atoms with E-state index < -0.39 is 0 Å². The highest BCUT2D eigenvalue weighted by atomic mass is 16.8. The van der Waals surface area contributed by atoms with E-state index in [2.05, 4.69) is 5.59 Å². The van der Waals surface area contributed by atoms with Gasteiger partial charge in [-0.15, -0.1) is 0 Å². The van der Waals surface area contributed by atoms with Crippen molar-refractivity contribution in [3.63, 3.8) is 0 Å². The van der Waals surface area contributed by atoms with Gasteiger partial charge in [-0.25, -0.2) is 0 Å². The molecule has 0 aliphatic carbocycles. The molecule has 0 saturated heterocycles. The summed E-state index contributed by atoms with van der Waals surface area (Å²) in [6.45, 7) is 0. The maximum absolute atomic E-state index is 8.88. The SMILES string of the molecule is ON1C=C(c2ccccc2)ON1. The van der Waals surface area contributed by atoms with Crippen LogP contribution in [0, 0.1) is 0 Å². The zero-order valence-corrected chi connectivity index (χ0v) is 6.27. The lowest BCUT2D eigenvalue weighted by molar-refractivity contribution is -0.154. The fourth-order valence-corrected chi connectivity index (χ4v) is 0.996. The van der Waals surface area contributed by atoms with Crippen molar-refractivity contribution in [2.75, 3.05) is 0 Å². The molecular formula is C8H8N2O2. The summed E-state index contributed by atoms with van der Waals surface area (Å²) in [7, 11) is 0. The molecule has 0 spiro atoms. The standard InChI is InChI=1S/C8H8N2O2/c11-10-6-8(12-9-10)7-4-2-1-3-5-7/h1-6,9,11H. The van der Waals surface area contributed by atoms with Crippen LogP contribution in [0.1, 0.15) is 5.56 Å². The summed E-state index contributed by atoms with van der Waals surface area (Å²) in [6.07, 6.45) is 1.45. The van der Waals surface area contributed by atoms with E-state index in [0.29, 0.717) is 5.76 Å². The topological polar surface area (TPSA) is 44.7 Å². The lowest BCUT2D eigenvalue weighted by Crippen LogP contribution is -2.22. The van der Waals surface area contributed by atoms with E-state index >= 15 is 0 Å². The van der Waals surface area contributed by atoms with Gasteiger partial charge < -0.3 is 4.84 Å². The van der Waals surface area contributed by atoms with Crippen molar-refractivity contribution in [2.45, 2.75) is 0 Å². The van der Waals surface area contributed by atoms with Crippen molar-refractivity contribution in [1.82, 2.24) is 10.8 Å². The van der Waals surface area contributed by atoms with Gasteiger partial charge in [-0.1, -0.05) is 30.3 Å². The van der Waals surface area contributed by atoms with Crippen molar-refractivity contribution in [1.29, 1.82) is 0 Å². The maximum Gasteiger partial charge on any atom is 0.176 e. The number of hydrogen-bond donors (Lipinski definition) is 2. The zero-order chi connectivity index (χ0) is 8.39. The van der Waals surface area contributed by atoms with Gasteiger partial charge in [-0.3, -0.25) is 5.21 Å². The molecule has 4 heteroatoms. The van der Waals surface area contributed by atoms with Crippen LogP contribution in [0.4, 0.5) is 0 Å². The van der Waals surface area contributed by atoms with E-state index in [1.54, 1.807) is 0 Å². The molecule has 2 rings (SSSR count). The summed E-state index contributed by atoms with van der Waals surface area (Å²) in [5.74, 6) is 0.595. The molecule has 4 nitrogen and oxygen atoms in total. The second kappa shape index (κ2) is 2.84. The molecule has 1 aromatic carbocycles. The van der Waals surface area contributed by atoms with Crippen LogP contribution in [0.15, 0.2) is 36.5 Å². The number of rotatable bonds is 1. The molecule has 0 aromatic heterocycles. The molecule has 62 valence electrons. The molecule has 1 aromatic rings. The Kier molecular flexibility index (Phi) is 1.69. The largest absolute Gasteiger partial charge is 0.385 e. The highest BCUT2D eigenvalue weighted by molar-refractivity contribution is 5.59. The maximum atomic E-state index is 8.88. The summed E-state index contributed by atoms with van der Waals surface area (Å²) in [4.78, 5) is 4.94. The van der Waals surface area contributed by atoms with E-state index in [1.807, 2.05) is 30.3 Å². The second-order valence-corrected chi connectivity index (χ2v) is 2.40. The summed E-state index contributed by atoms with van der Waals surface area (Å²) in [5, 5.41) is 9.65. The second-order valence-electron chi connectivity index (χ2n) is 2.40. The number of hydroxylamine groups is 1. The van der Waals surface area contributed by atoms with Crippen molar-refractivity contribution >= 4 is 5.76 Å². The van der Waals surface area contributed by atoms with E-state index in [4.69, 9.17) is 10.0 Å². The van der Waals surface area contributed by atoms with Crippen molar-refractivity contribution in [3.05, 3.63) is 42.1 Å². The molecule has 1 aliphatic heterocycles. The molecule has 0 atom stereocenters. The van der Waals surface area contributed by atoms with Crippen molar-refractivity contribution in [3.8, 4) is 0 Å². The molecule has 0 bridgehead atoms. The fourth-order valence-electron chi connectivity index (χ4n) is 0.996. The minimum atomic E-state index is 0.595. The van der Waals surface area contributed by atoms with Gasteiger partial charge in [0, 0.05) is 5.56 Å². The van der Waals surface area contributed by atoms with Crippen LogP contribution in [-0.2, 0) is 4.84 Å². The first-order valence-corrected chi connectivity index (χ1v) is 3.54. The Bertz CT molecular complexity index is 297. The quantitative estimate of drug-likeness (QED) is 0.653. The van der Waals surface area contributed by atoms with Crippen LogP contribution in [0.25, 0.3) is 5.76 Å². The monoisotopic (exact) mass is 164 g/mol. The first-order chi connectivity index (χ1) is 5.86. The Balaban J connectivity index is 2.27. The van der Waals surface area contributed by atoms with Crippen LogP contribution in [-0.4, -0.2) is 10.4 Å². The van der Waals surface area contributed by atoms with Gasteiger partial charge in [0.15, 0.2) is 5.76 Å². The van der Waals surface area contributed by atoms with Crippen LogP contribution < -0.4 is 5.59 Å². The molecule has 0 fully saturated rings. The Morgan fingerprint density at radius 2 is 2.00 bits per heavy atom. The lowest BCUT2D eigenvalue weighted by Gasteiger charge is -2.02. The van der Waals surface area contributed by atoms with Gasteiger partial charge in [0.05, 0.1) is 6.20 Å². The van der Waals surface area contributed by atoms with Crippen LogP contribution in [0.2, 0.25) is 0 Å². The number of hydrogen-bond acceptors (Lipinski definition) is 4. The van der Waals surface area contributed by atoms with E-state index in [0.717, 1.165) is 10.7 Å². The molecule has 0 saturated carbocycles. The van der Waals surface area contributed by atoms with Crippen molar-refractivity contribution in [2.24, 2.45) is 0 Å². The Hall–Kier alpha value is -1.52.